The summed E-state index contributed by atoms with van der Waals surface area (Å²) in [6.45, 7) is 0.641. The third-order valence-corrected chi connectivity index (χ3v) is 6.16. The maximum atomic E-state index is 10.3. The van der Waals surface area contributed by atoms with Gasteiger partial charge in [0.05, 0.1) is 17.2 Å². The van der Waals surface area contributed by atoms with Gasteiger partial charge in [0.15, 0.2) is 11.9 Å². The summed E-state index contributed by atoms with van der Waals surface area (Å²) in [4.78, 5) is 19.4. The highest BCUT2D eigenvalue weighted by Gasteiger charge is 2.29. The topological polar surface area (TPSA) is 121 Å². The van der Waals surface area contributed by atoms with E-state index >= 15 is 0 Å². The molecule has 1 fully saturated rings. The molecule has 1 aliphatic rings. The lowest BCUT2D eigenvalue weighted by molar-refractivity contribution is -0.00225. The van der Waals surface area contributed by atoms with E-state index in [2.05, 4.69) is 30.9 Å². The normalized spacial score (nSPS) is 18.8. The van der Waals surface area contributed by atoms with E-state index in [0.29, 0.717) is 41.3 Å². The Morgan fingerprint density at radius 2 is 1.91 bits per heavy atom. The van der Waals surface area contributed by atoms with E-state index < -0.39 is 12.3 Å². The Bertz CT molecular complexity index is 1280. The van der Waals surface area contributed by atoms with E-state index in [1.807, 2.05) is 42.5 Å². The Morgan fingerprint density at radius 3 is 2.69 bits per heavy atom. The number of benzene rings is 1. The van der Waals surface area contributed by atoms with E-state index in [0.717, 1.165) is 27.6 Å². The molecule has 0 unspecified atom stereocenters. The molecule has 9 heteroatoms. The molecule has 0 radical (unpaired) electrons. The third-order valence-electron chi connectivity index (χ3n) is 5.67. The molecule has 0 aliphatic carbocycles. The molecule has 1 saturated heterocycles. The van der Waals surface area contributed by atoms with Crippen molar-refractivity contribution in [3.8, 4) is 22.4 Å². The number of fused-ring (bicyclic) bond motifs is 1. The number of rotatable bonds is 3. The number of nitrogen functional groups attached to an aromatic ring is 1. The molecule has 32 heavy (non-hydrogen) atoms. The minimum Gasteiger partial charge on any atom is -0.388 e. The van der Waals surface area contributed by atoms with Crippen LogP contribution < -0.4 is 10.6 Å². The number of halogens is 1. The van der Waals surface area contributed by atoms with Gasteiger partial charge >= 0.3 is 0 Å². The highest BCUT2D eigenvalue weighted by Crippen LogP contribution is 2.35. The van der Waals surface area contributed by atoms with Gasteiger partial charge in [0.2, 0.25) is 0 Å². The lowest BCUT2D eigenvalue weighted by Crippen LogP contribution is -2.48. The second-order valence-corrected chi connectivity index (χ2v) is 8.66. The molecular formula is C23H21BrN6O2. The van der Waals surface area contributed by atoms with Gasteiger partial charge in [-0.2, -0.15) is 0 Å². The largest absolute Gasteiger partial charge is 0.388 e. The molecule has 4 N–H and O–H groups in total. The lowest BCUT2D eigenvalue weighted by Gasteiger charge is -2.36. The van der Waals surface area contributed by atoms with Gasteiger partial charge in [-0.1, -0.05) is 28.1 Å². The summed E-state index contributed by atoms with van der Waals surface area (Å²) in [5.41, 5.74) is 10.0. The average Bonchev–Trinajstić information content (AvgIpc) is 2.80. The van der Waals surface area contributed by atoms with Gasteiger partial charge in [0.1, 0.15) is 18.0 Å². The van der Waals surface area contributed by atoms with Crippen molar-refractivity contribution < 1.29 is 10.2 Å². The molecule has 162 valence electrons. The van der Waals surface area contributed by atoms with Crippen LogP contribution in [-0.2, 0) is 0 Å². The number of hydrogen-bond acceptors (Lipinski definition) is 8. The summed E-state index contributed by atoms with van der Waals surface area (Å²) in [6.07, 6.45) is 2.77. The molecule has 1 aromatic carbocycles. The first-order valence-electron chi connectivity index (χ1n) is 10.3. The first-order valence-corrected chi connectivity index (χ1v) is 11.1. The maximum absolute atomic E-state index is 10.3. The Labute approximate surface area is 192 Å². The number of anilines is 2. The third kappa shape index (κ3) is 3.79. The number of pyridine rings is 2. The zero-order valence-electron chi connectivity index (χ0n) is 17.1. The molecule has 0 amide bonds. The molecule has 0 saturated carbocycles. The molecule has 4 aromatic rings. The zero-order chi connectivity index (χ0) is 22.2. The average molecular weight is 493 g/mol. The van der Waals surface area contributed by atoms with E-state index in [1.54, 1.807) is 11.1 Å². The van der Waals surface area contributed by atoms with E-state index in [1.165, 1.54) is 6.33 Å². The van der Waals surface area contributed by atoms with Crippen molar-refractivity contribution >= 4 is 38.6 Å². The second-order valence-electron chi connectivity index (χ2n) is 7.74. The van der Waals surface area contributed by atoms with Crippen molar-refractivity contribution in [2.45, 2.75) is 25.2 Å². The van der Waals surface area contributed by atoms with E-state index in [-0.39, 0.29) is 0 Å². The highest BCUT2D eigenvalue weighted by atomic mass is 79.9. The lowest BCUT2D eigenvalue weighted by atomic mass is 10.0. The number of aliphatic hydroxyl groups excluding tert-OH is 2. The standard InChI is InChI=1S/C23H21BrN6O2/c24-15-4-1-3-13(9-15)16-10-17(29-22-20(16)21(25)27-12-28-22)14-6-7-19(26-11-14)30-8-2-5-18(31)23(30)32/h1,3-4,6-7,9-12,18,23,31-32H,2,5,8H2,(H2,25,27,28,29)/t18-,23-/m1/s1. The summed E-state index contributed by atoms with van der Waals surface area (Å²) in [7, 11) is 0. The fraction of sp³-hybridized carbons (Fsp3) is 0.217. The number of aliphatic hydroxyl groups is 2. The van der Waals surface area contributed by atoms with Crippen molar-refractivity contribution in [2.24, 2.45) is 0 Å². The van der Waals surface area contributed by atoms with Crippen LogP contribution >= 0.6 is 15.9 Å². The van der Waals surface area contributed by atoms with Crippen LogP contribution in [0, 0.1) is 0 Å². The fourth-order valence-corrected chi connectivity index (χ4v) is 4.44. The summed E-state index contributed by atoms with van der Waals surface area (Å²) >= 11 is 3.53. The van der Waals surface area contributed by atoms with E-state index in [4.69, 9.17) is 10.7 Å². The summed E-state index contributed by atoms with van der Waals surface area (Å²) in [6, 6.07) is 13.6. The summed E-state index contributed by atoms with van der Waals surface area (Å²) in [5.74, 6) is 0.981. The van der Waals surface area contributed by atoms with Crippen molar-refractivity contribution in [3.63, 3.8) is 0 Å². The Hall–Kier alpha value is -3.14. The van der Waals surface area contributed by atoms with Crippen LogP contribution in [0.1, 0.15) is 12.8 Å². The molecule has 4 heterocycles. The maximum Gasteiger partial charge on any atom is 0.165 e. The second kappa shape index (κ2) is 8.42. The van der Waals surface area contributed by atoms with Crippen molar-refractivity contribution in [1.82, 2.24) is 19.9 Å². The van der Waals surface area contributed by atoms with Gasteiger partial charge in [-0.15, -0.1) is 0 Å². The molecule has 5 rings (SSSR count). The van der Waals surface area contributed by atoms with Crippen molar-refractivity contribution in [3.05, 3.63) is 59.5 Å². The number of nitrogens with two attached hydrogens (primary N) is 1. The van der Waals surface area contributed by atoms with Crippen LogP contribution in [0.5, 0.6) is 0 Å². The number of hydrogen-bond donors (Lipinski definition) is 3. The number of piperidine rings is 1. The first-order chi connectivity index (χ1) is 15.5. The molecular weight excluding hydrogens is 472 g/mol. The SMILES string of the molecule is Nc1ncnc2nc(-c3ccc(N4CCC[C@@H](O)[C@H]4O)nc3)cc(-c3cccc(Br)c3)c12. The zero-order valence-corrected chi connectivity index (χ0v) is 18.6. The minimum absolute atomic E-state index is 0.371. The van der Waals surface area contributed by atoms with Crippen LogP contribution in [-0.4, -0.2) is 49.0 Å². The molecule has 3 aromatic heterocycles. The van der Waals surface area contributed by atoms with Crippen molar-refractivity contribution in [2.75, 3.05) is 17.2 Å². The molecule has 0 spiro atoms. The molecule has 0 bridgehead atoms. The van der Waals surface area contributed by atoms with Gasteiger partial charge in [-0.3, -0.25) is 0 Å². The van der Waals surface area contributed by atoms with Crippen LogP contribution in [0.2, 0.25) is 0 Å². The smallest absolute Gasteiger partial charge is 0.165 e. The monoisotopic (exact) mass is 492 g/mol. The van der Waals surface area contributed by atoms with E-state index in [9.17, 15) is 10.2 Å². The molecule has 1 aliphatic heterocycles. The predicted molar refractivity (Wildman–Crippen MR) is 127 cm³/mol. The van der Waals surface area contributed by atoms with Gasteiger partial charge in [-0.05, 0) is 54.3 Å². The minimum atomic E-state index is -0.955. The molecule has 2 atom stereocenters. The van der Waals surface area contributed by atoms with Crippen molar-refractivity contribution in [1.29, 1.82) is 0 Å². The Kier molecular flexibility index (Phi) is 5.46. The molecule has 8 nitrogen and oxygen atoms in total. The Balaban J connectivity index is 1.59. The number of nitrogens with zero attached hydrogens (tertiary/aromatic N) is 5. The van der Waals surface area contributed by atoms with Crippen LogP contribution in [0.4, 0.5) is 11.6 Å². The Morgan fingerprint density at radius 1 is 1.03 bits per heavy atom. The van der Waals surface area contributed by atoms with Crippen LogP contribution in [0.25, 0.3) is 33.4 Å². The summed E-state index contributed by atoms with van der Waals surface area (Å²) in [5, 5.41) is 21.0. The summed E-state index contributed by atoms with van der Waals surface area (Å²) < 4.78 is 0.949. The predicted octanol–water partition coefficient (Wildman–Crippen LogP) is 3.38. The van der Waals surface area contributed by atoms with Gasteiger partial charge in [-0.25, -0.2) is 19.9 Å². The van der Waals surface area contributed by atoms with Gasteiger partial charge in [0, 0.05) is 22.8 Å². The van der Waals surface area contributed by atoms with Gasteiger partial charge < -0.3 is 20.8 Å². The fourth-order valence-electron chi connectivity index (χ4n) is 4.04. The van der Waals surface area contributed by atoms with Crippen LogP contribution in [0.15, 0.2) is 59.5 Å². The van der Waals surface area contributed by atoms with Gasteiger partial charge in [0.25, 0.3) is 0 Å². The number of aromatic nitrogens is 4. The first kappa shape index (κ1) is 20.7. The highest BCUT2D eigenvalue weighted by molar-refractivity contribution is 9.10. The quantitative estimate of drug-likeness (QED) is 0.397. The van der Waals surface area contributed by atoms with Crippen LogP contribution in [0.3, 0.4) is 0 Å².